The van der Waals surface area contributed by atoms with Crippen LogP contribution in [0.1, 0.15) is 50.5 Å². The number of amides is 3. The van der Waals surface area contributed by atoms with Crippen molar-refractivity contribution in [3.05, 3.63) is 54.4 Å². The van der Waals surface area contributed by atoms with Gasteiger partial charge in [-0.05, 0) is 67.5 Å². The summed E-state index contributed by atoms with van der Waals surface area (Å²) < 4.78 is 28.0. The molecular formula is C26H33N5O4S. The molecule has 1 aromatic heterocycles. The number of urea groups is 1. The smallest absolute Gasteiger partial charge is 0.319 e. The topological polar surface area (TPSA) is 112 Å². The summed E-state index contributed by atoms with van der Waals surface area (Å²) in [5, 5.41) is 5.47. The number of nitrogens with one attached hydrogen (secondary N) is 2. The van der Waals surface area contributed by atoms with Gasteiger partial charge >= 0.3 is 6.03 Å². The van der Waals surface area contributed by atoms with Crippen LogP contribution in [0.3, 0.4) is 0 Å². The van der Waals surface area contributed by atoms with Gasteiger partial charge in [-0.15, -0.1) is 0 Å². The van der Waals surface area contributed by atoms with Gasteiger partial charge in [0.2, 0.25) is 15.9 Å². The van der Waals surface area contributed by atoms with Gasteiger partial charge in [0.25, 0.3) is 0 Å². The van der Waals surface area contributed by atoms with Crippen LogP contribution in [0.4, 0.5) is 10.5 Å². The van der Waals surface area contributed by atoms with Crippen molar-refractivity contribution in [3.63, 3.8) is 0 Å². The van der Waals surface area contributed by atoms with Crippen molar-refractivity contribution in [3.8, 4) is 0 Å². The lowest BCUT2D eigenvalue weighted by Crippen LogP contribution is -2.50. The van der Waals surface area contributed by atoms with Crippen molar-refractivity contribution in [1.29, 1.82) is 0 Å². The highest BCUT2D eigenvalue weighted by atomic mass is 32.2. The standard InChI is InChI=1S/C26H33N5O4S/c32-25-16-20-5-1-2-6-24(20)31(25)22-11-14-30(15-12-22)36(34,35)23-9-7-21(8-10-23)29-26(33)28-18-19-4-3-13-27-17-19/h3-4,7-10,13,17,20,22,24H,1-2,5-6,11-12,14-16,18H2,(H2,28,29,33). The van der Waals surface area contributed by atoms with Crippen LogP contribution in [0, 0.1) is 5.92 Å². The van der Waals surface area contributed by atoms with Gasteiger partial charge in [0.1, 0.15) is 0 Å². The van der Waals surface area contributed by atoms with E-state index in [1.165, 1.54) is 29.3 Å². The van der Waals surface area contributed by atoms with E-state index in [0.29, 0.717) is 56.5 Å². The zero-order valence-electron chi connectivity index (χ0n) is 20.3. The van der Waals surface area contributed by atoms with Gasteiger partial charge in [-0.1, -0.05) is 18.9 Å². The number of sulfonamides is 1. The van der Waals surface area contributed by atoms with E-state index < -0.39 is 10.0 Å². The molecule has 1 saturated carbocycles. The van der Waals surface area contributed by atoms with E-state index in [2.05, 4.69) is 20.5 Å². The molecule has 10 heteroatoms. The number of pyridine rings is 1. The molecule has 2 unspecified atom stereocenters. The highest BCUT2D eigenvalue weighted by molar-refractivity contribution is 7.89. The molecule has 5 rings (SSSR count). The molecule has 1 aromatic carbocycles. The van der Waals surface area contributed by atoms with Crippen molar-refractivity contribution < 1.29 is 18.0 Å². The Morgan fingerprint density at radius 3 is 2.50 bits per heavy atom. The molecule has 36 heavy (non-hydrogen) atoms. The maximum atomic E-state index is 13.2. The molecule has 2 aromatic rings. The third-order valence-electron chi connectivity index (χ3n) is 7.69. The molecule has 0 radical (unpaired) electrons. The van der Waals surface area contributed by atoms with Crippen LogP contribution >= 0.6 is 0 Å². The van der Waals surface area contributed by atoms with Crippen LogP contribution in [-0.4, -0.2) is 59.7 Å². The summed E-state index contributed by atoms with van der Waals surface area (Å²) >= 11 is 0. The summed E-state index contributed by atoms with van der Waals surface area (Å²) in [6, 6.07) is 10.00. The molecule has 3 heterocycles. The highest BCUT2D eigenvalue weighted by Crippen LogP contribution is 2.40. The number of anilines is 1. The Kier molecular flexibility index (Phi) is 7.25. The molecule has 3 amide bonds. The van der Waals surface area contributed by atoms with Gasteiger partial charge in [0.15, 0.2) is 0 Å². The number of aromatic nitrogens is 1. The zero-order valence-corrected chi connectivity index (χ0v) is 21.1. The molecule has 2 saturated heterocycles. The van der Waals surface area contributed by atoms with Crippen LogP contribution in [0.25, 0.3) is 0 Å². The highest BCUT2D eigenvalue weighted by Gasteiger charge is 2.45. The number of benzene rings is 1. The monoisotopic (exact) mass is 511 g/mol. The summed E-state index contributed by atoms with van der Waals surface area (Å²) in [6.07, 6.45) is 9.95. The second-order valence-corrected chi connectivity index (χ2v) is 11.9. The van der Waals surface area contributed by atoms with Crippen LogP contribution in [0.15, 0.2) is 53.7 Å². The van der Waals surface area contributed by atoms with Gasteiger partial charge in [-0.25, -0.2) is 13.2 Å². The number of hydrogen-bond acceptors (Lipinski definition) is 5. The second kappa shape index (κ2) is 10.6. The summed E-state index contributed by atoms with van der Waals surface area (Å²) in [5.74, 6) is 0.735. The first-order valence-electron chi connectivity index (χ1n) is 12.8. The predicted molar refractivity (Wildman–Crippen MR) is 136 cm³/mol. The van der Waals surface area contributed by atoms with E-state index in [0.717, 1.165) is 18.4 Å². The number of carbonyl (C=O) groups excluding carboxylic acids is 2. The normalized spacial score (nSPS) is 23.3. The Morgan fingerprint density at radius 1 is 1.03 bits per heavy atom. The molecule has 192 valence electrons. The van der Waals surface area contributed by atoms with Crippen molar-refractivity contribution in [2.24, 2.45) is 5.92 Å². The van der Waals surface area contributed by atoms with E-state index in [-0.39, 0.29) is 22.9 Å². The molecule has 2 N–H and O–H groups in total. The van der Waals surface area contributed by atoms with E-state index in [1.54, 1.807) is 30.6 Å². The van der Waals surface area contributed by atoms with E-state index in [4.69, 9.17) is 0 Å². The Balaban J connectivity index is 1.15. The number of likely N-dealkylation sites (tertiary alicyclic amines) is 1. The molecule has 2 atom stereocenters. The third-order valence-corrected chi connectivity index (χ3v) is 9.61. The minimum Gasteiger partial charge on any atom is -0.336 e. The fraction of sp³-hybridized carbons (Fsp3) is 0.500. The second-order valence-electron chi connectivity index (χ2n) is 9.95. The average molecular weight is 512 g/mol. The fourth-order valence-electron chi connectivity index (χ4n) is 5.86. The molecule has 9 nitrogen and oxygen atoms in total. The van der Waals surface area contributed by atoms with Gasteiger partial charge in [-0.2, -0.15) is 4.31 Å². The first-order chi connectivity index (χ1) is 17.4. The summed E-state index contributed by atoms with van der Waals surface area (Å²) in [6.45, 7) is 1.16. The number of hydrogen-bond donors (Lipinski definition) is 2. The Hall–Kier alpha value is -2.98. The van der Waals surface area contributed by atoms with Crippen molar-refractivity contribution in [2.45, 2.75) is 68.5 Å². The van der Waals surface area contributed by atoms with E-state index in [1.807, 2.05) is 6.07 Å². The van der Waals surface area contributed by atoms with Gasteiger partial charge in [0.05, 0.1) is 4.90 Å². The van der Waals surface area contributed by atoms with E-state index in [9.17, 15) is 18.0 Å². The first kappa shape index (κ1) is 24.7. The van der Waals surface area contributed by atoms with Gasteiger partial charge < -0.3 is 15.5 Å². The number of fused-ring (bicyclic) bond motifs is 1. The number of rotatable bonds is 6. The summed E-state index contributed by atoms with van der Waals surface area (Å²) in [4.78, 5) is 31.2. The van der Waals surface area contributed by atoms with E-state index >= 15 is 0 Å². The SMILES string of the molecule is O=C(NCc1cccnc1)Nc1ccc(S(=O)(=O)N2CCC(N3C(=O)CC4CCCCC43)CC2)cc1. The van der Waals surface area contributed by atoms with Gasteiger partial charge in [-0.3, -0.25) is 9.78 Å². The van der Waals surface area contributed by atoms with Crippen LogP contribution < -0.4 is 10.6 Å². The lowest BCUT2D eigenvalue weighted by molar-refractivity contribution is -0.132. The number of nitrogens with zero attached hydrogens (tertiary/aromatic N) is 3. The minimum absolute atomic E-state index is 0.133. The Labute approximate surface area is 212 Å². The largest absolute Gasteiger partial charge is 0.336 e. The average Bonchev–Trinajstić information content (AvgIpc) is 3.24. The lowest BCUT2D eigenvalue weighted by Gasteiger charge is -2.41. The number of carbonyl (C=O) groups is 2. The minimum atomic E-state index is -3.64. The van der Waals surface area contributed by atoms with Crippen molar-refractivity contribution >= 4 is 27.6 Å². The van der Waals surface area contributed by atoms with Crippen LogP contribution in [-0.2, 0) is 21.4 Å². The molecule has 1 aliphatic carbocycles. The predicted octanol–water partition coefficient (Wildman–Crippen LogP) is 3.35. The van der Waals surface area contributed by atoms with Gasteiger partial charge in [0, 0.05) is 56.2 Å². The Bertz CT molecular complexity index is 1180. The molecule has 0 spiro atoms. The fourth-order valence-corrected chi connectivity index (χ4v) is 7.33. The zero-order chi connectivity index (χ0) is 25.1. The van der Waals surface area contributed by atoms with Crippen molar-refractivity contribution in [1.82, 2.24) is 19.5 Å². The Morgan fingerprint density at radius 2 is 1.78 bits per heavy atom. The number of piperidine rings is 1. The van der Waals surface area contributed by atoms with Crippen LogP contribution in [0.5, 0.6) is 0 Å². The molecule has 2 aliphatic heterocycles. The van der Waals surface area contributed by atoms with Crippen molar-refractivity contribution in [2.75, 3.05) is 18.4 Å². The third kappa shape index (κ3) is 5.24. The molecule has 0 bridgehead atoms. The maximum absolute atomic E-state index is 13.2. The molecular weight excluding hydrogens is 478 g/mol. The molecule has 3 aliphatic rings. The summed E-state index contributed by atoms with van der Waals surface area (Å²) in [7, 11) is -3.64. The van der Waals surface area contributed by atoms with Crippen LogP contribution in [0.2, 0.25) is 0 Å². The molecule has 3 fully saturated rings. The maximum Gasteiger partial charge on any atom is 0.319 e. The quantitative estimate of drug-likeness (QED) is 0.618. The first-order valence-corrected chi connectivity index (χ1v) is 14.2. The summed E-state index contributed by atoms with van der Waals surface area (Å²) in [5.41, 5.74) is 1.39. The lowest BCUT2D eigenvalue weighted by atomic mass is 9.84.